The highest BCUT2D eigenvalue weighted by Crippen LogP contribution is 2.32. The van der Waals surface area contributed by atoms with Gasteiger partial charge in [-0.3, -0.25) is 10.1 Å². The van der Waals surface area contributed by atoms with E-state index in [0.29, 0.717) is 35.1 Å². The molecule has 9 heteroatoms. The van der Waals surface area contributed by atoms with Crippen molar-refractivity contribution in [3.05, 3.63) is 75.0 Å². The maximum Gasteiger partial charge on any atom is 0.270 e. The molecule has 3 aromatic rings. The van der Waals surface area contributed by atoms with Gasteiger partial charge in [-0.1, -0.05) is 17.7 Å². The van der Waals surface area contributed by atoms with E-state index in [-0.39, 0.29) is 10.7 Å². The summed E-state index contributed by atoms with van der Waals surface area (Å²) in [5.74, 6) is 2.31. The molecule has 0 aliphatic rings. The fourth-order valence-electron chi connectivity index (χ4n) is 2.62. The highest BCUT2D eigenvalue weighted by molar-refractivity contribution is 6.33. The molecule has 1 heterocycles. The fraction of sp³-hybridized carbons (Fsp3) is 0.150. The lowest BCUT2D eigenvalue weighted by atomic mass is 10.1. The Kier molecular flexibility index (Phi) is 6.36. The molecule has 0 aliphatic heterocycles. The number of non-ortho nitro benzene ring substituents is 1. The Morgan fingerprint density at radius 3 is 2.62 bits per heavy atom. The summed E-state index contributed by atoms with van der Waals surface area (Å²) in [6.45, 7) is 0.485. The number of nitrogens with zero attached hydrogens (tertiary/aromatic N) is 2. The van der Waals surface area contributed by atoms with Crippen molar-refractivity contribution < 1.29 is 18.8 Å². The molecule has 0 saturated carbocycles. The van der Waals surface area contributed by atoms with Crippen LogP contribution >= 0.6 is 11.6 Å². The van der Waals surface area contributed by atoms with Crippen molar-refractivity contribution in [2.75, 3.05) is 14.2 Å². The molecule has 150 valence electrons. The van der Waals surface area contributed by atoms with Crippen LogP contribution in [0.2, 0.25) is 5.02 Å². The van der Waals surface area contributed by atoms with E-state index in [2.05, 4.69) is 10.5 Å². The summed E-state index contributed by atoms with van der Waals surface area (Å²) in [4.78, 5) is 10.3. The maximum atomic E-state index is 10.8. The minimum absolute atomic E-state index is 0.0774. The van der Waals surface area contributed by atoms with Crippen LogP contribution in [-0.4, -0.2) is 25.4 Å². The second-order valence-electron chi connectivity index (χ2n) is 5.91. The maximum absolute atomic E-state index is 10.8. The molecule has 1 N–H and O–H groups in total. The average molecular weight is 416 g/mol. The van der Waals surface area contributed by atoms with Crippen molar-refractivity contribution in [3.63, 3.8) is 0 Å². The first-order chi connectivity index (χ1) is 14.0. The lowest BCUT2D eigenvalue weighted by Crippen LogP contribution is -2.05. The summed E-state index contributed by atoms with van der Waals surface area (Å²) in [6.07, 6.45) is 1.53. The first-order valence-corrected chi connectivity index (χ1v) is 8.90. The fourth-order valence-corrected chi connectivity index (χ4v) is 2.89. The van der Waals surface area contributed by atoms with Gasteiger partial charge in [0.1, 0.15) is 11.5 Å². The predicted octanol–water partition coefficient (Wildman–Crippen LogP) is 4.65. The van der Waals surface area contributed by atoms with E-state index < -0.39 is 4.92 Å². The minimum Gasteiger partial charge on any atom is -0.493 e. The third-order valence-corrected chi connectivity index (χ3v) is 4.38. The lowest BCUT2D eigenvalue weighted by molar-refractivity contribution is -0.384. The summed E-state index contributed by atoms with van der Waals surface area (Å²) in [7, 11) is 3.17. The highest BCUT2D eigenvalue weighted by atomic mass is 35.5. The number of nitrogens with one attached hydrogen (secondary N) is 1. The van der Waals surface area contributed by atoms with E-state index in [4.69, 9.17) is 25.5 Å². The molecular formula is C20H18ClN3O5. The van der Waals surface area contributed by atoms with Crippen LogP contribution in [0.4, 0.5) is 5.69 Å². The summed E-state index contributed by atoms with van der Waals surface area (Å²) in [5.41, 5.74) is 4.39. The third-order valence-electron chi connectivity index (χ3n) is 4.07. The number of methoxy groups -OCH3 is 2. The van der Waals surface area contributed by atoms with E-state index in [1.807, 2.05) is 18.2 Å². The van der Waals surface area contributed by atoms with E-state index in [9.17, 15) is 10.1 Å². The zero-order valence-electron chi connectivity index (χ0n) is 15.7. The molecule has 2 aromatic carbocycles. The molecule has 0 spiro atoms. The van der Waals surface area contributed by atoms with Crippen LogP contribution in [0.5, 0.6) is 11.5 Å². The molecule has 0 aliphatic carbocycles. The number of hydrogen-bond donors (Lipinski definition) is 1. The second-order valence-corrected chi connectivity index (χ2v) is 6.31. The standard InChI is InChI=1S/C20H18ClN3O5/c1-27-19-7-3-13(9-20(19)28-2)11-22-23-12-15-5-8-18(29-15)16-6-4-14(24(25)26)10-17(16)21/h3-10,12,22H,11H2,1-2H3/b23-12-. The van der Waals surface area contributed by atoms with Crippen LogP contribution in [-0.2, 0) is 6.54 Å². The number of hydrazone groups is 1. The van der Waals surface area contributed by atoms with Crippen LogP contribution in [0.1, 0.15) is 11.3 Å². The van der Waals surface area contributed by atoms with Gasteiger partial charge in [-0.2, -0.15) is 5.10 Å². The number of benzene rings is 2. The van der Waals surface area contributed by atoms with Crippen LogP contribution in [0.15, 0.2) is 58.0 Å². The van der Waals surface area contributed by atoms with Gasteiger partial charge in [0.05, 0.1) is 36.9 Å². The first-order valence-electron chi connectivity index (χ1n) is 8.53. The van der Waals surface area contributed by atoms with Crippen LogP contribution < -0.4 is 14.9 Å². The topological polar surface area (TPSA) is 99.1 Å². The number of hydrogen-bond acceptors (Lipinski definition) is 7. The van der Waals surface area contributed by atoms with Crippen LogP contribution in [0.25, 0.3) is 11.3 Å². The monoisotopic (exact) mass is 415 g/mol. The molecule has 0 atom stereocenters. The largest absolute Gasteiger partial charge is 0.493 e. The minimum atomic E-state index is -0.500. The number of halogens is 1. The van der Waals surface area contributed by atoms with Crippen molar-refractivity contribution in [1.82, 2.24) is 5.43 Å². The van der Waals surface area contributed by atoms with Gasteiger partial charge in [0.25, 0.3) is 5.69 Å². The number of nitro groups is 1. The Morgan fingerprint density at radius 2 is 1.93 bits per heavy atom. The predicted molar refractivity (Wildman–Crippen MR) is 110 cm³/mol. The number of rotatable bonds is 8. The Hall–Kier alpha value is -3.52. The Morgan fingerprint density at radius 1 is 1.14 bits per heavy atom. The van der Waals surface area contributed by atoms with Crippen molar-refractivity contribution in [1.29, 1.82) is 0 Å². The van der Waals surface area contributed by atoms with Gasteiger partial charge in [-0.15, -0.1) is 0 Å². The van der Waals surface area contributed by atoms with E-state index >= 15 is 0 Å². The van der Waals surface area contributed by atoms with Gasteiger partial charge >= 0.3 is 0 Å². The molecule has 0 unspecified atom stereocenters. The smallest absolute Gasteiger partial charge is 0.270 e. The number of nitro benzene ring substituents is 1. The Labute approximate surface area is 171 Å². The molecular weight excluding hydrogens is 398 g/mol. The van der Waals surface area contributed by atoms with Crippen molar-refractivity contribution in [3.8, 4) is 22.8 Å². The first kappa shape index (κ1) is 20.2. The molecule has 0 saturated heterocycles. The van der Waals surface area contributed by atoms with E-state index in [1.54, 1.807) is 32.4 Å². The zero-order chi connectivity index (χ0) is 20.8. The van der Waals surface area contributed by atoms with Gasteiger partial charge in [-0.25, -0.2) is 0 Å². The molecule has 1 aromatic heterocycles. The lowest BCUT2D eigenvalue weighted by Gasteiger charge is -2.09. The quantitative estimate of drug-likeness (QED) is 0.326. The Bertz CT molecular complexity index is 1050. The van der Waals surface area contributed by atoms with Crippen molar-refractivity contribution in [2.45, 2.75) is 6.54 Å². The molecule has 0 bridgehead atoms. The molecule has 8 nitrogen and oxygen atoms in total. The Balaban J connectivity index is 1.63. The van der Waals surface area contributed by atoms with Crippen LogP contribution in [0, 0.1) is 10.1 Å². The summed E-state index contributed by atoms with van der Waals surface area (Å²) >= 11 is 6.13. The normalized spacial score (nSPS) is 10.9. The van der Waals surface area contributed by atoms with Gasteiger partial charge in [0.15, 0.2) is 11.5 Å². The number of furan rings is 1. The van der Waals surface area contributed by atoms with Crippen molar-refractivity contribution in [2.24, 2.45) is 5.10 Å². The van der Waals surface area contributed by atoms with Crippen LogP contribution in [0.3, 0.4) is 0 Å². The van der Waals surface area contributed by atoms with E-state index in [1.165, 1.54) is 18.3 Å². The second kappa shape index (κ2) is 9.11. The molecule has 29 heavy (non-hydrogen) atoms. The zero-order valence-corrected chi connectivity index (χ0v) is 16.5. The average Bonchev–Trinajstić information content (AvgIpc) is 3.19. The molecule has 3 rings (SSSR count). The summed E-state index contributed by atoms with van der Waals surface area (Å²) in [5, 5.41) is 15.2. The van der Waals surface area contributed by atoms with Gasteiger partial charge in [-0.05, 0) is 35.9 Å². The molecule has 0 fully saturated rings. The van der Waals surface area contributed by atoms with E-state index in [0.717, 1.165) is 5.56 Å². The SMILES string of the molecule is COc1ccc(CN/N=C\c2ccc(-c3ccc([N+](=O)[O-])cc3Cl)o2)cc1OC. The summed E-state index contributed by atoms with van der Waals surface area (Å²) in [6, 6.07) is 13.3. The molecule has 0 amide bonds. The number of ether oxygens (including phenoxy) is 2. The van der Waals surface area contributed by atoms with Gasteiger partial charge < -0.3 is 19.3 Å². The van der Waals surface area contributed by atoms with Gasteiger partial charge in [0, 0.05) is 17.7 Å². The highest BCUT2D eigenvalue weighted by Gasteiger charge is 2.13. The third kappa shape index (κ3) is 4.85. The summed E-state index contributed by atoms with van der Waals surface area (Å²) < 4.78 is 16.2. The molecule has 0 radical (unpaired) electrons. The van der Waals surface area contributed by atoms with Gasteiger partial charge in [0.2, 0.25) is 0 Å². The van der Waals surface area contributed by atoms with Crippen molar-refractivity contribution >= 4 is 23.5 Å².